The maximum absolute atomic E-state index is 14.2. The van der Waals surface area contributed by atoms with E-state index in [9.17, 15) is 18.0 Å². The Labute approximate surface area is 177 Å². The Morgan fingerprint density at radius 1 is 0.968 bits per heavy atom. The molecule has 1 aliphatic rings. The van der Waals surface area contributed by atoms with Gasteiger partial charge in [-0.2, -0.15) is 0 Å². The van der Waals surface area contributed by atoms with Gasteiger partial charge in [-0.15, -0.1) is 0 Å². The molecule has 3 aromatic carbocycles. The Kier molecular flexibility index (Phi) is 6.02. The zero-order valence-electron chi connectivity index (χ0n) is 16.5. The maximum atomic E-state index is 14.2. The molecule has 3 aromatic rings. The topological polar surface area (TPSA) is 41.9 Å². The number of carbonyl (C=O) groups excluding carboxylic acids is 1. The van der Waals surface area contributed by atoms with Crippen LogP contribution in [0.1, 0.15) is 27.9 Å². The second-order valence-electron chi connectivity index (χ2n) is 7.27. The molecule has 158 valence electrons. The van der Waals surface area contributed by atoms with Crippen molar-refractivity contribution in [2.75, 3.05) is 6.54 Å². The molecule has 1 atom stereocenters. The number of oxime groups is 1. The third-order valence-corrected chi connectivity index (χ3v) is 5.00. The van der Waals surface area contributed by atoms with Crippen molar-refractivity contribution in [3.8, 4) is 0 Å². The second-order valence-corrected chi connectivity index (χ2v) is 7.27. The highest BCUT2D eigenvalue weighted by Crippen LogP contribution is 2.21. The third-order valence-electron chi connectivity index (χ3n) is 5.00. The number of rotatable bonds is 6. The molecule has 7 heteroatoms. The number of benzene rings is 3. The van der Waals surface area contributed by atoms with Crippen molar-refractivity contribution in [1.29, 1.82) is 0 Å². The average Bonchev–Trinajstić information content (AvgIpc) is 3.24. The Hall–Kier alpha value is -3.61. The summed E-state index contributed by atoms with van der Waals surface area (Å²) >= 11 is 0. The highest BCUT2D eigenvalue weighted by atomic mass is 19.1. The second kappa shape index (κ2) is 9.04. The molecule has 0 N–H and O–H groups in total. The predicted molar refractivity (Wildman–Crippen MR) is 110 cm³/mol. The van der Waals surface area contributed by atoms with E-state index in [4.69, 9.17) is 4.84 Å². The largest absolute Gasteiger partial charge is 0.390 e. The summed E-state index contributed by atoms with van der Waals surface area (Å²) in [6.07, 6.45) is 0.0132. The van der Waals surface area contributed by atoms with E-state index in [0.29, 0.717) is 6.42 Å². The van der Waals surface area contributed by atoms with Gasteiger partial charge in [-0.3, -0.25) is 4.79 Å². The summed E-state index contributed by atoms with van der Waals surface area (Å²) in [6, 6.07) is 18.0. The van der Waals surface area contributed by atoms with Crippen LogP contribution in [0.15, 0.2) is 78.0 Å². The minimum Gasteiger partial charge on any atom is -0.390 e. The SMILES string of the molecule is O=C(c1cccc(F)c1)N(Cc1ccc(F)cc1F)C[C@@H]1CC(c2ccccc2)=NO1. The zero-order chi connectivity index (χ0) is 21.8. The van der Waals surface area contributed by atoms with Crippen LogP contribution in [0.3, 0.4) is 0 Å². The van der Waals surface area contributed by atoms with Crippen molar-refractivity contribution in [3.05, 3.63) is 107 Å². The van der Waals surface area contributed by atoms with Gasteiger partial charge in [-0.25, -0.2) is 13.2 Å². The fourth-order valence-corrected chi connectivity index (χ4v) is 3.45. The molecular formula is C24H19F3N2O2. The molecule has 31 heavy (non-hydrogen) atoms. The van der Waals surface area contributed by atoms with Gasteiger partial charge in [-0.1, -0.05) is 47.6 Å². The molecule has 0 unspecified atom stereocenters. The van der Waals surface area contributed by atoms with E-state index >= 15 is 0 Å². The number of amides is 1. The summed E-state index contributed by atoms with van der Waals surface area (Å²) in [5.41, 5.74) is 1.94. The van der Waals surface area contributed by atoms with Gasteiger partial charge in [0.05, 0.1) is 12.3 Å². The fraction of sp³-hybridized carbons (Fsp3) is 0.167. The lowest BCUT2D eigenvalue weighted by atomic mass is 10.0. The van der Waals surface area contributed by atoms with E-state index < -0.39 is 29.5 Å². The number of hydrogen-bond acceptors (Lipinski definition) is 3. The highest BCUT2D eigenvalue weighted by Gasteiger charge is 2.28. The molecule has 0 bridgehead atoms. The van der Waals surface area contributed by atoms with E-state index in [2.05, 4.69) is 5.16 Å². The molecule has 0 fully saturated rings. The van der Waals surface area contributed by atoms with E-state index in [1.807, 2.05) is 30.3 Å². The molecule has 0 radical (unpaired) electrons. The molecular weight excluding hydrogens is 405 g/mol. The normalized spacial score (nSPS) is 15.3. The smallest absolute Gasteiger partial charge is 0.254 e. The lowest BCUT2D eigenvalue weighted by Gasteiger charge is -2.25. The van der Waals surface area contributed by atoms with Gasteiger partial charge in [0.2, 0.25) is 0 Å². The Morgan fingerprint density at radius 3 is 2.48 bits per heavy atom. The first kappa shape index (κ1) is 20.7. The van der Waals surface area contributed by atoms with Crippen molar-refractivity contribution in [2.24, 2.45) is 5.16 Å². The molecule has 4 nitrogen and oxygen atoms in total. The minimum atomic E-state index is -0.759. The predicted octanol–water partition coefficient (Wildman–Crippen LogP) is 4.94. The van der Waals surface area contributed by atoms with E-state index in [0.717, 1.165) is 29.5 Å². The van der Waals surface area contributed by atoms with Crippen molar-refractivity contribution >= 4 is 11.6 Å². The average molecular weight is 424 g/mol. The molecule has 0 aromatic heterocycles. The minimum absolute atomic E-state index is 0.103. The van der Waals surface area contributed by atoms with Gasteiger partial charge < -0.3 is 9.74 Å². The molecule has 0 saturated heterocycles. The highest BCUT2D eigenvalue weighted by molar-refractivity contribution is 6.01. The number of halogens is 3. The summed E-state index contributed by atoms with van der Waals surface area (Å²) < 4.78 is 41.2. The molecule has 1 aliphatic heterocycles. The van der Waals surface area contributed by atoms with Crippen molar-refractivity contribution in [2.45, 2.75) is 19.1 Å². The van der Waals surface area contributed by atoms with Crippen molar-refractivity contribution < 1.29 is 22.8 Å². The lowest BCUT2D eigenvalue weighted by Crippen LogP contribution is -2.37. The Morgan fingerprint density at radius 2 is 1.74 bits per heavy atom. The van der Waals surface area contributed by atoms with Gasteiger partial charge in [0, 0.05) is 30.2 Å². The number of carbonyl (C=O) groups is 1. The van der Waals surface area contributed by atoms with Crippen LogP contribution in [0.5, 0.6) is 0 Å². The Bertz CT molecular complexity index is 1120. The lowest BCUT2D eigenvalue weighted by molar-refractivity contribution is 0.0402. The van der Waals surface area contributed by atoms with Crippen LogP contribution >= 0.6 is 0 Å². The maximum Gasteiger partial charge on any atom is 0.254 e. The van der Waals surface area contributed by atoms with Crippen molar-refractivity contribution in [1.82, 2.24) is 4.90 Å². The van der Waals surface area contributed by atoms with Gasteiger partial charge in [0.1, 0.15) is 17.5 Å². The fourth-order valence-electron chi connectivity index (χ4n) is 3.45. The van der Waals surface area contributed by atoms with Crippen LogP contribution in [-0.2, 0) is 11.4 Å². The van der Waals surface area contributed by atoms with E-state index in [1.165, 1.54) is 29.2 Å². The summed E-state index contributed by atoms with van der Waals surface area (Å²) in [7, 11) is 0. The zero-order valence-corrected chi connectivity index (χ0v) is 16.5. The van der Waals surface area contributed by atoms with Gasteiger partial charge in [0.15, 0.2) is 6.10 Å². The van der Waals surface area contributed by atoms with E-state index in [-0.39, 0.29) is 24.2 Å². The van der Waals surface area contributed by atoms with Gasteiger partial charge >= 0.3 is 0 Å². The van der Waals surface area contributed by atoms with Crippen LogP contribution in [-0.4, -0.2) is 29.2 Å². The summed E-state index contributed by atoms with van der Waals surface area (Å²) in [4.78, 5) is 20.0. The first-order valence-electron chi connectivity index (χ1n) is 9.76. The van der Waals surface area contributed by atoms with Crippen LogP contribution in [0, 0.1) is 17.5 Å². The third kappa shape index (κ3) is 4.94. The molecule has 0 saturated carbocycles. The molecule has 0 spiro atoms. The summed E-state index contributed by atoms with van der Waals surface area (Å²) in [6.45, 7) is -0.0199. The standard InChI is InChI=1S/C24H19F3N2O2/c25-19-8-4-7-17(11-19)24(30)29(14-18-9-10-20(26)12-22(18)27)15-21-13-23(28-31-21)16-5-2-1-3-6-16/h1-12,21H,13-15H2/t21-/m0/s1. The summed E-state index contributed by atoms with van der Waals surface area (Å²) in [5.74, 6) is -2.50. The van der Waals surface area contributed by atoms with Gasteiger partial charge in [0.25, 0.3) is 5.91 Å². The van der Waals surface area contributed by atoms with Crippen molar-refractivity contribution in [3.63, 3.8) is 0 Å². The summed E-state index contributed by atoms with van der Waals surface area (Å²) in [5, 5.41) is 4.12. The number of nitrogens with zero attached hydrogens (tertiary/aromatic N) is 2. The monoisotopic (exact) mass is 424 g/mol. The molecule has 0 aliphatic carbocycles. The van der Waals surface area contributed by atoms with Gasteiger partial charge in [-0.05, 0) is 29.8 Å². The first-order chi connectivity index (χ1) is 15.0. The first-order valence-corrected chi connectivity index (χ1v) is 9.76. The molecule has 1 heterocycles. The van der Waals surface area contributed by atoms with Crippen LogP contribution < -0.4 is 0 Å². The van der Waals surface area contributed by atoms with Crippen LogP contribution in [0.4, 0.5) is 13.2 Å². The van der Waals surface area contributed by atoms with E-state index in [1.54, 1.807) is 0 Å². The Balaban J connectivity index is 1.54. The quantitative estimate of drug-likeness (QED) is 0.563. The van der Waals surface area contributed by atoms with Crippen LogP contribution in [0.2, 0.25) is 0 Å². The number of hydrogen-bond donors (Lipinski definition) is 0. The molecule has 4 rings (SSSR count). The molecule has 1 amide bonds. The van der Waals surface area contributed by atoms with Crippen LogP contribution in [0.25, 0.3) is 0 Å².